The van der Waals surface area contributed by atoms with Crippen molar-refractivity contribution in [1.29, 1.82) is 0 Å². The number of aryl methyl sites for hydroxylation is 2. The summed E-state index contributed by atoms with van der Waals surface area (Å²) in [6, 6.07) is 14.7. The van der Waals surface area contributed by atoms with Crippen molar-refractivity contribution in [3.05, 3.63) is 69.5 Å². The van der Waals surface area contributed by atoms with Crippen LogP contribution in [0.1, 0.15) is 39.7 Å². The summed E-state index contributed by atoms with van der Waals surface area (Å²) in [4.78, 5) is 42.6. The molecule has 0 aliphatic heterocycles. The summed E-state index contributed by atoms with van der Waals surface area (Å²) < 4.78 is 5.21. The molecule has 34 heavy (non-hydrogen) atoms. The first kappa shape index (κ1) is 25.1. The van der Waals surface area contributed by atoms with Crippen molar-refractivity contribution in [3.63, 3.8) is 0 Å². The van der Waals surface area contributed by atoms with E-state index in [4.69, 9.17) is 4.74 Å². The first-order valence-electron chi connectivity index (χ1n) is 11.1. The zero-order valence-corrected chi connectivity index (χ0v) is 20.6. The number of thiazole rings is 1. The molecule has 0 aliphatic rings. The van der Waals surface area contributed by atoms with Crippen LogP contribution < -0.4 is 10.6 Å². The summed E-state index contributed by atoms with van der Waals surface area (Å²) in [6.45, 7) is 7.98. The van der Waals surface area contributed by atoms with Gasteiger partial charge in [-0.05, 0) is 31.9 Å². The van der Waals surface area contributed by atoms with E-state index in [0.717, 1.165) is 26.7 Å². The van der Waals surface area contributed by atoms with Crippen molar-refractivity contribution in [2.45, 2.75) is 34.1 Å². The molecular formula is C26H29N3O4S. The van der Waals surface area contributed by atoms with Gasteiger partial charge in [0.1, 0.15) is 0 Å². The minimum Gasteiger partial charge on any atom is -0.455 e. The number of nitrogens with one attached hydrogen (secondary N) is 2. The Bertz CT molecular complexity index is 1170. The molecule has 7 nitrogen and oxygen atoms in total. The van der Waals surface area contributed by atoms with Crippen molar-refractivity contribution >= 4 is 34.8 Å². The summed E-state index contributed by atoms with van der Waals surface area (Å²) in [5.41, 5.74) is 3.55. The van der Waals surface area contributed by atoms with Crippen LogP contribution in [-0.4, -0.2) is 35.9 Å². The van der Waals surface area contributed by atoms with E-state index in [-0.39, 0.29) is 12.3 Å². The molecule has 1 heterocycles. The summed E-state index contributed by atoms with van der Waals surface area (Å²) >= 11 is 1.43. The van der Waals surface area contributed by atoms with Gasteiger partial charge in [-0.25, -0.2) is 4.98 Å². The molecule has 0 atom stereocenters. The Morgan fingerprint density at radius 2 is 1.74 bits per heavy atom. The zero-order valence-electron chi connectivity index (χ0n) is 19.8. The average molecular weight is 480 g/mol. The second-order valence-corrected chi connectivity index (χ2v) is 9.69. The van der Waals surface area contributed by atoms with Crippen LogP contribution in [0.4, 0.5) is 5.69 Å². The maximum Gasteiger partial charge on any atom is 0.311 e. The number of anilines is 1. The number of esters is 1. The monoisotopic (exact) mass is 479 g/mol. The van der Waals surface area contributed by atoms with Gasteiger partial charge in [-0.15, -0.1) is 11.3 Å². The molecule has 2 amide bonds. The van der Waals surface area contributed by atoms with Crippen molar-refractivity contribution in [3.8, 4) is 11.3 Å². The molecule has 0 bridgehead atoms. The van der Waals surface area contributed by atoms with Crippen LogP contribution in [0.25, 0.3) is 11.3 Å². The maximum atomic E-state index is 12.5. The summed E-state index contributed by atoms with van der Waals surface area (Å²) in [6.07, 6.45) is 0.0240. The number of hydrogen-bond donors (Lipinski definition) is 2. The first-order chi connectivity index (χ1) is 16.2. The fraction of sp³-hybridized carbons (Fsp3) is 0.308. The lowest BCUT2D eigenvalue weighted by Gasteiger charge is -2.12. The Morgan fingerprint density at radius 1 is 1.03 bits per heavy atom. The number of aromatic nitrogens is 1. The fourth-order valence-corrected chi connectivity index (χ4v) is 4.17. The van der Waals surface area contributed by atoms with Gasteiger partial charge >= 0.3 is 5.97 Å². The third kappa shape index (κ3) is 6.99. The van der Waals surface area contributed by atoms with E-state index in [1.165, 1.54) is 11.3 Å². The quantitative estimate of drug-likeness (QED) is 0.439. The lowest BCUT2D eigenvalue weighted by Crippen LogP contribution is -2.29. The largest absolute Gasteiger partial charge is 0.455 e. The highest BCUT2D eigenvalue weighted by Gasteiger charge is 2.18. The number of nitrogens with zero attached hydrogens (tertiary/aromatic N) is 1. The predicted octanol–water partition coefficient (Wildman–Crippen LogP) is 4.54. The number of ether oxygens (including phenoxy) is 1. The third-order valence-corrected chi connectivity index (χ3v) is 5.89. The van der Waals surface area contributed by atoms with Gasteiger partial charge in [0.2, 0.25) is 0 Å². The molecule has 0 fully saturated rings. The van der Waals surface area contributed by atoms with Gasteiger partial charge in [0.15, 0.2) is 6.61 Å². The Kier molecular flexibility index (Phi) is 8.54. The zero-order chi connectivity index (χ0) is 24.7. The van der Waals surface area contributed by atoms with E-state index >= 15 is 0 Å². The lowest BCUT2D eigenvalue weighted by atomic mass is 10.1. The van der Waals surface area contributed by atoms with E-state index in [9.17, 15) is 14.4 Å². The minimum absolute atomic E-state index is 0.0240. The second-order valence-electron chi connectivity index (χ2n) is 8.41. The normalized spacial score (nSPS) is 10.7. The smallest absolute Gasteiger partial charge is 0.311 e. The molecule has 0 aliphatic carbocycles. The van der Waals surface area contributed by atoms with Gasteiger partial charge in [-0.1, -0.05) is 55.8 Å². The highest BCUT2D eigenvalue weighted by molar-refractivity contribution is 7.12. The van der Waals surface area contributed by atoms with Crippen molar-refractivity contribution in [1.82, 2.24) is 10.3 Å². The third-order valence-electron chi connectivity index (χ3n) is 4.92. The van der Waals surface area contributed by atoms with Crippen molar-refractivity contribution < 1.29 is 19.1 Å². The molecule has 2 aromatic carbocycles. The van der Waals surface area contributed by atoms with E-state index in [1.807, 2.05) is 52.0 Å². The highest BCUT2D eigenvalue weighted by Crippen LogP contribution is 2.29. The molecule has 0 radical (unpaired) electrons. The summed E-state index contributed by atoms with van der Waals surface area (Å²) in [5.74, 6) is -1.00. The molecule has 3 aromatic rings. The van der Waals surface area contributed by atoms with Crippen LogP contribution in [0.2, 0.25) is 0 Å². The van der Waals surface area contributed by atoms with Crippen LogP contribution >= 0.6 is 11.3 Å². The molecule has 1 aromatic heterocycles. The van der Waals surface area contributed by atoms with E-state index in [0.29, 0.717) is 23.7 Å². The van der Waals surface area contributed by atoms with Crippen LogP contribution in [0, 0.1) is 19.8 Å². The average Bonchev–Trinajstić information content (AvgIpc) is 3.16. The SMILES string of the molecule is Cc1ccc(-c2nc(C)sc2CC(=O)OCC(=O)Nc2ccccc2C(=O)NCC(C)C)cc1. The molecule has 3 rings (SSSR count). The van der Waals surface area contributed by atoms with E-state index in [1.54, 1.807) is 24.3 Å². The molecule has 2 N–H and O–H groups in total. The van der Waals surface area contributed by atoms with Crippen LogP contribution in [0.15, 0.2) is 48.5 Å². The van der Waals surface area contributed by atoms with Gasteiger partial charge in [-0.3, -0.25) is 14.4 Å². The standard InChI is InChI=1S/C26H29N3O4S/c1-16(2)14-27-26(32)20-7-5-6-8-21(20)29-23(30)15-33-24(31)13-22-25(28-18(4)34-22)19-11-9-17(3)10-12-19/h5-12,16H,13-15H2,1-4H3,(H,27,32)(H,29,30). The number of amides is 2. The number of hydrogen-bond acceptors (Lipinski definition) is 6. The van der Waals surface area contributed by atoms with Gasteiger partial charge < -0.3 is 15.4 Å². The summed E-state index contributed by atoms with van der Waals surface area (Å²) in [5, 5.41) is 6.34. The highest BCUT2D eigenvalue weighted by atomic mass is 32.1. The van der Waals surface area contributed by atoms with E-state index < -0.39 is 18.5 Å². The van der Waals surface area contributed by atoms with Gasteiger partial charge in [0, 0.05) is 17.0 Å². The van der Waals surface area contributed by atoms with E-state index in [2.05, 4.69) is 15.6 Å². The first-order valence-corrected chi connectivity index (χ1v) is 11.9. The molecule has 0 saturated heterocycles. The van der Waals surface area contributed by atoms with Gasteiger partial charge in [0.25, 0.3) is 11.8 Å². The minimum atomic E-state index is -0.518. The molecule has 0 saturated carbocycles. The molecule has 0 unspecified atom stereocenters. The Morgan fingerprint density at radius 3 is 2.44 bits per heavy atom. The van der Waals surface area contributed by atoms with Gasteiger partial charge in [0.05, 0.1) is 28.4 Å². The molecule has 8 heteroatoms. The number of para-hydroxylation sites is 1. The summed E-state index contributed by atoms with van der Waals surface area (Å²) in [7, 11) is 0. The molecular weight excluding hydrogens is 450 g/mol. The van der Waals surface area contributed by atoms with Gasteiger partial charge in [-0.2, -0.15) is 0 Å². The molecule has 0 spiro atoms. The number of carbonyl (C=O) groups excluding carboxylic acids is 3. The van der Waals surface area contributed by atoms with Crippen LogP contribution in [0.5, 0.6) is 0 Å². The van der Waals surface area contributed by atoms with Crippen molar-refractivity contribution in [2.24, 2.45) is 5.92 Å². The number of carbonyl (C=O) groups is 3. The second kappa shape index (κ2) is 11.6. The number of benzene rings is 2. The number of rotatable bonds is 9. The van der Waals surface area contributed by atoms with Crippen molar-refractivity contribution in [2.75, 3.05) is 18.5 Å². The Balaban J connectivity index is 1.58. The van der Waals surface area contributed by atoms with Crippen LogP contribution in [0.3, 0.4) is 0 Å². The maximum absolute atomic E-state index is 12.5. The topological polar surface area (TPSA) is 97.4 Å². The Labute approximate surface area is 203 Å². The Hall–Kier alpha value is -3.52. The van der Waals surface area contributed by atoms with Crippen LogP contribution in [-0.2, 0) is 20.7 Å². The lowest BCUT2D eigenvalue weighted by molar-refractivity contribution is -0.146. The molecule has 178 valence electrons. The predicted molar refractivity (Wildman–Crippen MR) is 134 cm³/mol. The fourth-order valence-electron chi connectivity index (χ4n) is 3.22.